The van der Waals surface area contributed by atoms with Gasteiger partial charge in [0.2, 0.25) is 0 Å². The van der Waals surface area contributed by atoms with Crippen LogP contribution in [-0.2, 0) is 0 Å². The Kier molecular flexibility index (Phi) is 2.88. The van der Waals surface area contributed by atoms with E-state index in [2.05, 4.69) is 0 Å². The quantitative estimate of drug-likeness (QED) is 0.186. The summed E-state index contributed by atoms with van der Waals surface area (Å²) in [5.74, 6) is -0.0345. The number of para-hydroxylation sites is 3. The second kappa shape index (κ2) is 10.3. The van der Waals surface area contributed by atoms with E-state index in [9.17, 15) is 6.85 Å². The molecule has 0 bridgehead atoms. The minimum Gasteiger partial charge on any atom is -0.292 e. The highest BCUT2D eigenvalue weighted by molar-refractivity contribution is 6.24. The molecule has 9 rings (SSSR count). The molecule has 45 heavy (non-hydrogen) atoms. The molecular formula is C43H28N2. The molecule has 0 N–H and O–H groups in total. The first-order valence-corrected chi connectivity index (χ1v) is 13.8. The van der Waals surface area contributed by atoms with Gasteiger partial charge < -0.3 is 0 Å². The van der Waals surface area contributed by atoms with Gasteiger partial charge in [-0.3, -0.25) is 4.57 Å². The van der Waals surface area contributed by atoms with Gasteiger partial charge in [-0.15, -0.1) is 0 Å². The first-order chi connectivity index (χ1) is 30.7. The van der Waals surface area contributed by atoms with E-state index >= 15 is 0 Å². The maximum Gasteiger partial charge on any atom is 0.146 e. The summed E-state index contributed by atoms with van der Waals surface area (Å²) in [4.78, 5) is 4.87. The maximum absolute atomic E-state index is 9.52. The molecule has 0 unspecified atom stereocenters. The Morgan fingerprint density at radius 3 is 1.69 bits per heavy atom. The molecule has 0 saturated heterocycles. The number of imidazole rings is 1. The van der Waals surface area contributed by atoms with Gasteiger partial charge in [-0.2, -0.15) is 0 Å². The number of benzene rings is 8. The standard InChI is InChI=1S/C43H28N2/c1-2-17-30(18-3-1)45-40-28-13-12-27-39(40)44-43(45)38-25-11-10-24-37(38)42-35-22-8-6-20-33(35)41(34-21-7-9-23-36(34)42)32-26-14-16-29-15-4-5-19-31(29)32/h1-28H/i1D,2D,3D,4D,5D,6D,7D,8D,9D,14D,15D,16D,17D,18D,19D,20D,21D,22D,23D,26D. The van der Waals surface area contributed by atoms with Crippen LogP contribution in [0.4, 0.5) is 0 Å². The monoisotopic (exact) mass is 592 g/mol. The maximum atomic E-state index is 9.52. The van der Waals surface area contributed by atoms with Crippen LogP contribution >= 0.6 is 0 Å². The summed E-state index contributed by atoms with van der Waals surface area (Å²) < 4.78 is 180. The molecule has 0 aliphatic rings. The first kappa shape index (κ1) is 12.6. The Balaban J connectivity index is 1.59. The number of fused-ring (bicyclic) bond motifs is 4. The van der Waals surface area contributed by atoms with Crippen LogP contribution in [0.25, 0.3) is 82.7 Å². The molecule has 0 aliphatic carbocycles. The molecule has 1 heterocycles. The lowest BCUT2D eigenvalue weighted by Gasteiger charge is -2.20. The molecule has 0 aliphatic heterocycles. The molecule has 0 atom stereocenters. The van der Waals surface area contributed by atoms with E-state index < -0.39 is 154 Å². The summed E-state index contributed by atoms with van der Waals surface area (Å²) in [6, 6.07) is -2.02. The van der Waals surface area contributed by atoms with Crippen molar-refractivity contribution in [1.82, 2.24) is 9.55 Å². The predicted molar refractivity (Wildman–Crippen MR) is 190 cm³/mol. The van der Waals surface area contributed by atoms with Gasteiger partial charge >= 0.3 is 0 Å². The molecule has 2 heteroatoms. The molecule has 0 spiro atoms. The van der Waals surface area contributed by atoms with Crippen LogP contribution in [-0.4, -0.2) is 9.55 Å². The van der Waals surface area contributed by atoms with Crippen molar-refractivity contribution < 1.29 is 27.4 Å². The van der Waals surface area contributed by atoms with Crippen molar-refractivity contribution in [2.75, 3.05) is 0 Å². The second-order valence-electron chi connectivity index (χ2n) is 10.0. The Morgan fingerprint density at radius 2 is 0.978 bits per heavy atom. The lowest BCUT2D eigenvalue weighted by molar-refractivity contribution is 1.10. The smallest absolute Gasteiger partial charge is 0.146 e. The van der Waals surface area contributed by atoms with Gasteiger partial charge in [0.25, 0.3) is 0 Å². The van der Waals surface area contributed by atoms with Crippen LogP contribution in [0.5, 0.6) is 0 Å². The van der Waals surface area contributed by atoms with Gasteiger partial charge in [0.05, 0.1) is 38.4 Å². The fourth-order valence-electron chi connectivity index (χ4n) is 5.83. The van der Waals surface area contributed by atoms with Crippen molar-refractivity contribution in [1.29, 1.82) is 0 Å². The molecule has 0 radical (unpaired) electrons. The molecule has 2 nitrogen and oxygen atoms in total. The Morgan fingerprint density at radius 1 is 0.444 bits per heavy atom. The largest absolute Gasteiger partial charge is 0.292 e. The minimum absolute atomic E-state index is 0.0345. The third-order valence-corrected chi connectivity index (χ3v) is 7.65. The zero-order valence-corrected chi connectivity index (χ0v) is 23.0. The van der Waals surface area contributed by atoms with Crippen LogP contribution in [0.3, 0.4) is 0 Å². The zero-order valence-electron chi connectivity index (χ0n) is 43.0. The van der Waals surface area contributed by atoms with Crippen LogP contribution in [0.15, 0.2) is 169 Å². The lowest BCUT2D eigenvalue weighted by atomic mass is 9.83. The zero-order chi connectivity index (χ0) is 47.1. The van der Waals surface area contributed by atoms with E-state index in [1.165, 1.54) is 16.7 Å². The topological polar surface area (TPSA) is 17.8 Å². The average molecular weight is 593 g/mol. The molecule has 9 aromatic rings. The summed E-state index contributed by atoms with van der Waals surface area (Å²) in [6.07, 6.45) is 0. The third kappa shape index (κ3) is 4.00. The van der Waals surface area contributed by atoms with Gasteiger partial charge in [0, 0.05) is 11.3 Å². The first-order valence-electron chi connectivity index (χ1n) is 23.8. The average Bonchev–Trinajstić information content (AvgIpc) is 3.68. The number of hydrogen-bond acceptors (Lipinski definition) is 1. The number of rotatable bonds is 4. The lowest BCUT2D eigenvalue weighted by Crippen LogP contribution is -1.99. The summed E-state index contributed by atoms with van der Waals surface area (Å²) in [7, 11) is 0. The molecule has 1 aromatic heterocycles. The SMILES string of the molecule is [2H]c1c([2H])c([2H])c(-n2c(-c3ccccc3-c3c4c([2H])c([2H])c([2H])c([2H])c4c(-c4c([2H])c([2H])c([2H])c5c([2H])c([2H])c([2H])c([2H])c45)c4c([2H])c([2H])c([2H])c([2H])c34)nc3ccccc32)c([2H])c1[2H]. The molecule has 0 saturated carbocycles. The van der Waals surface area contributed by atoms with Crippen LogP contribution < -0.4 is 0 Å². The van der Waals surface area contributed by atoms with E-state index in [0.717, 1.165) is 0 Å². The Labute approximate surface area is 289 Å². The minimum atomic E-state index is -0.832. The van der Waals surface area contributed by atoms with Gasteiger partial charge in [0.15, 0.2) is 0 Å². The van der Waals surface area contributed by atoms with Crippen molar-refractivity contribution in [2.24, 2.45) is 0 Å². The van der Waals surface area contributed by atoms with Gasteiger partial charge in [-0.05, 0) is 78.8 Å². The summed E-state index contributed by atoms with van der Waals surface area (Å²) in [5, 5.41) is -2.62. The third-order valence-electron chi connectivity index (χ3n) is 7.65. The molecule has 8 aromatic carbocycles. The van der Waals surface area contributed by atoms with E-state index in [-0.39, 0.29) is 39.0 Å². The van der Waals surface area contributed by atoms with Gasteiger partial charge in [-0.25, -0.2) is 4.98 Å². The van der Waals surface area contributed by atoms with Crippen LogP contribution in [0, 0.1) is 0 Å². The fraction of sp³-hybridized carbons (Fsp3) is 0. The number of nitrogens with zero attached hydrogens (tertiary/aromatic N) is 2. The highest BCUT2D eigenvalue weighted by atomic mass is 15.1. The van der Waals surface area contributed by atoms with Crippen molar-refractivity contribution >= 4 is 43.4 Å². The molecule has 0 amide bonds. The highest BCUT2D eigenvalue weighted by Crippen LogP contribution is 2.47. The van der Waals surface area contributed by atoms with Crippen molar-refractivity contribution in [3.8, 4) is 39.3 Å². The molecule has 210 valence electrons. The second-order valence-corrected chi connectivity index (χ2v) is 10.0. The summed E-state index contributed by atoms with van der Waals surface area (Å²) in [5.41, 5.74) is -0.751. The van der Waals surface area contributed by atoms with Crippen LogP contribution in [0.2, 0.25) is 0 Å². The normalized spacial score (nSPS) is 17.8. The molecular weight excluding hydrogens is 544 g/mol. The van der Waals surface area contributed by atoms with E-state index in [1.807, 2.05) is 0 Å². The molecule has 0 fully saturated rings. The van der Waals surface area contributed by atoms with Gasteiger partial charge in [0.1, 0.15) is 5.82 Å². The Hall–Kier alpha value is -5.99. The van der Waals surface area contributed by atoms with Crippen molar-refractivity contribution in [3.05, 3.63) is 169 Å². The summed E-state index contributed by atoms with van der Waals surface area (Å²) >= 11 is 0. The van der Waals surface area contributed by atoms with E-state index in [1.54, 1.807) is 36.4 Å². The van der Waals surface area contributed by atoms with E-state index in [4.69, 9.17) is 25.5 Å². The van der Waals surface area contributed by atoms with E-state index in [0.29, 0.717) is 11.0 Å². The van der Waals surface area contributed by atoms with Crippen LogP contribution in [0.1, 0.15) is 27.4 Å². The number of aromatic nitrogens is 2. The fourth-order valence-corrected chi connectivity index (χ4v) is 5.83. The van der Waals surface area contributed by atoms with Crippen molar-refractivity contribution in [3.63, 3.8) is 0 Å². The Bertz CT molecular complexity index is 3560. The van der Waals surface area contributed by atoms with Gasteiger partial charge in [-0.1, -0.05) is 145 Å². The number of hydrogen-bond donors (Lipinski definition) is 0. The highest BCUT2D eigenvalue weighted by Gasteiger charge is 2.22. The summed E-state index contributed by atoms with van der Waals surface area (Å²) in [6.45, 7) is 0. The predicted octanol–water partition coefficient (Wildman–Crippen LogP) is 11.5. The van der Waals surface area contributed by atoms with Crippen molar-refractivity contribution in [2.45, 2.75) is 0 Å².